The van der Waals surface area contributed by atoms with Gasteiger partial charge in [0, 0.05) is 23.4 Å². The van der Waals surface area contributed by atoms with Crippen LogP contribution in [0.25, 0.3) is 0 Å². The molecule has 2 N–H and O–H groups in total. The van der Waals surface area contributed by atoms with Crippen molar-refractivity contribution in [1.82, 2.24) is 9.97 Å². The van der Waals surface area contributed by atoms with E-state index in [2.05, 4.69) is 40.7 Å². The first kappa shape index (κ1) is 15.4. The zero-order valence-corrected chi connectivity index (χ0v) is 13.6. The number of hydrogen-bond donors (Lipinski definition) is 2. The summed E-state index contributed by atoms with van der Waals surface area (Å²) < 4.78 is 0. The molecule has 1 aliphatic rings. The van der Waals surface area contributed by atoms with E-state index in [0.29, 0.717) is 11.3 Å². The second-order valence-corrected chi connectivity index (χ2v) is 6.36. The standard InChI is InChI=1S/C15H26N4S/c1-4-7-11-14(16-5-2)17-10-18-15(11)19-12-8-6-9-13(12)20-3/h10,12-13H,4-9H2,1-3H3,(H2,16,17,18,19). The first-order chi connectivity index (χ1) is 9.80. The second-order valence-electron chi connectivity index (χ2n) is 5.29. The Bertz CT molecular complexity index is 424. The van der Waals surface area contributed by atoms with E-state index in [1.807, 2.05) is 11.8 Å². The fourth-order valence-electron chi connectivity index (χ4n) is 2.89. The van der Waals surface area contributed by atoms with Gasteiger partial charge >= 0.3 is 0 Å². The van der Waals surface area contributed by atoms with Crippen molar-refractivity contribution in [3.63, 3.8) is 0 Å². The van der Waals surface area contributed by atoms with E-state index in [9.17, 15) is 0 Å². The lowest BCUT2D eigenvalue weighted by molar-refractivity contribution is 0.757. The average Bonchev–Trinajstić information content (AvgIpc) is 2.90. The Kier molecular flexibility index (Phi) is 5.95. The summed E-state index contributed by atoms with van der Waals surface area (Å²) in [6.07, 6.45) is 9.88. The summed E-state index contributed by atoms with van der Waals surface area (Å²) in [5.74, 6) is 2.02. The smallest absolute Gasteiger partial charge is 0.134 e. The molecule has 2 unspecified atom stereocenters. The van der Waals surface area contributed by atoms with Gasteiger partial charge in [0.2, 0.25) is 0 Å². The van der Waals surface area contributed by atoms with Gasteiger partial charge in [-0.3, -0.25) is 0 Å². The van der Waals surface area contributed by atoms with Crippen LogP contribution in [0.3, 0.4) is 0 Å². The van der Waals surface area contributed by atoms with Crippen LogP contribution in [0.15, 0.2) is 6.33 Å². The molecule has 0 amide bonds. The van der Waals surface area contributed by atoms with E-state index in [4.69, 9.17) is 0 Å². The highest BCUT2D eigenvalue weighted by molar-refractivity contribution is 7.99. The van der Waals surface area contributed by atoms with Crippen molar-refractivity contribution in [2.75, 3.05) is 23.4 Å². The maximum absolute atomic E-state index is 4.50. The summed E-state index contributed by atoms with van der Waals surface area (Å²) >= 11 is 1.97. The molecule has 4 nitrogen and oxygen atoms in total. The summed E-state index contributed by atoms with van der Waals surface area (Å²) in [6.45, 7) is 5.20. The van der Waals surface area contributed by atoms with E-state index in [1.165, 1.54) is 24.8 Å². The van der Waals surface area contributed by atoms with Crippen molar-refractivity contribution in [1.29, 1.82) is 0 Å². The summed E-state index contributed by atoms with van der Waals surface area (Å²) in [7, 11) is 0. The molecule has 0 radical (unpaired) electrons. The Morgan fingerprint density at radius 3 is 2.75 bits per heavy atom. The molecule has 1 aromatic heterocycles. The molecule has 112 valence electrons. The number of rotatable bonds is 7. The molecule has 1 heterocycles. The third-order valence-corrected chi connectivity index (χ3v) is 5.04. The minimum absolute atomic E-state index is 0.546. The maximum Gasteiger partial charge on any atom is 0.134 e. The van der Waals surface area contributed by atoms with Crippen molar-refractivity contribution in [2.45, 2.75) is 57.2 Å². The number of aromatic nitrogens is 2. The molecule has 0 saturated heterocycles. The van der Waals surface area contributed by atoms with Gasteiger partial charge in [-0.1, -0.05) is 19.8 Å². The number of thioether (sulfide) groups is 1. The quantitative estimate of drug-likeness (QED) is 0.805. The highest BCUT2D eigenvalue weighted by atomic mass is 32.2. The predicted molar refractivity (Wildman–Crippen MR) is 88.8 cm³/mol. The molecule has 0 aliphatic heterocycles. The van der Waals surface area contributed by atoms with Crippen molar-refractivity contribution < 1.29 is 0 Å². The van der Waals surface area contributed by atoms with Gasteiger partial charge in [0.05, 0.1) is 0 Å². The van der Waals surface area contributed by atoms with E-state index in [0.717, 1.165) is 31.0 Å². The zero-order valence-electron chi connectivity index (χ0n) is 12.8. The fourth-order valence-corrected chi connectivity index (χ4v) is 3.83. The topological polar surface area (TPSA) is 49.8 Å². The Labute approximate surface area is 126 Å². The molecule has 5 heteroatoms. The largest absolute Gasteiger partial charge is 0.370 e. The normalized spacial score (nSPS) is 21.9. The average molecular weight is 294 g/mol. The van der Waals surface area contributed by atoms with E-state index >= 15 is 0 Å². The Morgan fingerprint density at radius 1 is 1.25 bits per heavy atom. The van der Waals surface area contributed by atoms with Gasteiger partial charge in [0.15, 0.2) is 0 Å². The lowest BCUT2D eigenvalue weighted by Gasteiger charge is -2.22. The molecule has 1 fully saturated rings. The van der Waals surface area contributed by atoms with Crippen LogP contribution in [0.2, 0.25) is 0 Å². The minimum Gasteiger partial charge on any atom is -0.370 e. The Balaban J connectivity index is 2.19. The predicted octanol–water partition coefficient (Wildman–Crippen LogP) is 3.56. The monoisotopic (exact) mass is 294 g/mol. The van der Waals surface area contributed by atoms with Crippen LogP contribution >= 0.6 is 11.8 Å². The zero-order chi connectivity index (χ0) is 14.4. The van der Waals surface area contributed by atoms with Crippen LogP contribution in [0.4, 0.5) is 11.6 Å². The van der Waals surface area contributed by atoms with Gasteiger partial charge in [0.25, 0.3) is 0 Å². The van der Waals surface area contributed by atoms with Gasteiger partial charge in [-0.25, -0.2) is 9.97 Å². The highest BCUT2D eigenvalue weighted by Gasteiger charge is 2.27. The number of nitrogens with zero attached hydrogens (tertiary/aromatic N) is 2. The summed E-state index contributed by atoms with van der Waals surface area (Å²) in [6, 6.07) is 0.546. The molecule has 1 aliphatic carbocycles. The fraction of sp³-hybridized carbons (Fsp3) is 0.733. The molecule has 20 heavy (non-hydrogen) atoms. The molecule has 1 aromatic rings. The molecule has 2 rings (SSSR count). The molecule has 0 aromatic carbocycles. The van der Waals surface area contributed by atoms with Crippen LogP contribution < -0.4 is 10.6 Å². The van der Waals surface area contributed by atoms with Gasteiger partial charge in [-0.2, -0.15) is 11.8 Å². The Hall–Kier alpha value is -0.970. The SMILES string of the molecule is CCCc1c(NCC)ncnc1NC1CCCC1SC. The van der Waals surface area contributed by atoms with Gasteiger partial charge in [0.1, 0.15) is 18.0 Å². The molecular formula is C15H26N4S. The summed E-state index contributed by atoms with van der Waals surface area (Å²) in [4.78, 5) is 8.89. The van der Waals surface area contributed by atoms with Gasteiger partial charge in [-0.15, -0.1) is 0 Å². The first-order valence-electron chi connectivity index (χ1n) is 7.67. The highest BCUT2D eigenvalue weighted by Crippen LogP contribution is 2.32. The van der Waals surface area contributed by atoms with E-state index in [-0.39, 0.29) is 0 Å². The molecule has 0 spiro atoms. The number of hydrogen-bond acceptors (Lipinski definition) is 5. The van der Waals surface area contributed by atoms with Crippen molar-refractivity contribution in [3.05, 3.63) is 11.9 Å². The van der Waals surface area contributed by atoms with Crippen LogP contribution in [-0.2, 0) is 6.42 Å². The van der Waals surface area contributed by atoms with Crippen molar-refractivity contribution >= 4 is 23.4 Å². The van der Waals surface area contributed by atoms with Crippen LogP contribution in [0.5, 0.6) is 0 Å². The number of anilines is 2. The number of nitrogens with one attached hydrogen (secondary N) is 2. The minimum atomic E-state index is 0.546. The molecular weight excluding hydrogens is 268 g/mol. The van der Waals surface area contributed by atoms with Gasteiger partial charge < -0.3 is 10.6 Å². The molecule has 0 bridgehead atoms. The Morgan fingerprint density at radius 2 is 2.05 bits per heavy atom. The van der Waals surface area contributed by atoms with E-state index in [1.54, 1.807) is 6.33 Å². The summed E-state index contributed by atoms with van der Waals surface area (Å²) in [5, 5.41) is 7.75. The van der Waals surface area contributed by atoms with Crippen LogP contribution in [0, 0.1) is 0 Å². The molecule has 2 atom stereocenters. The lowest BCUT2D eigenvalue weighted by Crippen LogP contribution is -2.27. The van der Waals surface area contributed by atoms with Crippen molar-refractivity contribution in [3.8, 4) is 0 Å². The lowest BCUT2D eigenvalue weighted by atomic mass is 10.1. The van der Waals surface area contributed by atoms with Crippen LogP contribution in [-0.4, -0.2) is 34.1 Å². The summed E-state index contributed by atoms with van der Waals surface area (Å²) in [5.41, 5.74) is 1.24. The maximum atomic E-state index is 4.50. The van der Waals surface area contributed by atoms with Crippen molar-refractivity contribution in [2.24, 2.45) is 0 Å². The van der Waals surface area contributed by atoms with E-state index < -0.39 is 0 Å². The second kappa shape index (κ2) is 7.72. The third-order valence-electron chi connectivity index (χ3n) is 3.87. The van der Waals surface area contributed by atoms with Crippen LogP contribution in [0.1, 0.15) is 45.1 Å². The third kappa shape index (κ3) is 3.57. The first-order valence-corrected chi connectivity index (χ1v) is 8.96. The van der Waals surface area contributed by atoms with Gasteiger partial charge in [-0.05, 0) is 32.4 Å². The molecule has 1 saturated carbocycles.